The monoisotopic (exact) mass is 467 g/mol. The van der Waals surface area contributed by atoms with Gasteiger partial charge in [-0.3, -0.25) is 4.79 Å². The summed E-state index contributed by atoms with van der Waals surface area (Å²) in [6.45, 7) is 2.31. The van der Waals surface area contributed by atoms with Crippen LogP contribution in [0.1, 0.15) is 22.8 Å². The summed E-state index contributed by atoms with van der Waals surface area (Å²) in [6.07, 6.45) is 1.50. The smallest absolute Gasteiger partial charge is 0.343 e. The van der Waals surface area contributed by atoms with Crippen LogP contribution in [0.5, 0.6) is 11.5 Å². The van der Waals surface area contributed by atoms with Crippen LogP contribution in [0.15, 0.2) is 96.1 Å². The van der Waals surface area contributed by atoms with Gasteiger partial charge in [-0.2, -0.15) is 5.10 Å². The number of rotatable bonds is 9. The summed E-state index contributed by atoms with van der Waals surface area (Å²) in [4.78, 5) is 24.6. The average Bonchev–Trinajstić information content (AvgIpc) is 2.89. The van der Waals surface area contributed by atoms with Gasteiger partial charge in [0.15, 0.2) is 11.5 Å². The zero-order chi connectivity index (χ0) is 24.5. The molecule has 2 N–H and O–H groups in total. The Balaban J connectivity index is 1.33. The van der Waals surface area contributed by atoms with Crippen LogP contribution in [0.2, 0.25) is 0 Å². The predicted octanol–water partition coefficient (Wildman–Crippen LogP) is 5.02. The SMILES string of the molecule is CCOc1cc(/C=N\NC(=O)CNc2ccc3ccccc3c2)ccc1OC(=O)c1ccccc1. The highest BCUT2D eigenvalue weighted by Gasteiger charge is 2.13. The Morgan fingerprint density at radius 3 is 2.43 bits per heavy atom. The molecule has 4 aromatic carbocycles. The first-order valence-corrected chi connectivity index (χ1v) is 11.2. The van der Waals surface area contributed by atoms with E-state index in [1.807, 2.05) is 55.5 Å². The lowest BCUT2D eigenvalue weighted by atomic mass is 10.1. The van der Waals surface area contributed by atoms with Crippen molar-refractivity contribution in [2.75, 3.05) is 18.5 Å². The lowest BCUT2D eigenvalue weighted by Gasteiger charge is -2.11. The molecule has 0 radical (unpaired) electrons. The number of nitrogens with one attached hydrogen (secondary N) is 2. The molecule has 0 bridgehead atoms. The minimum Gasteiger partial charge on any atom is -0.490 e. The van der Waals surface area contributed by atoms with E-state index in [0.717, 1.165) is 16.5 Å². The Hall–Kier alpha value is -4.65. The third-order valence-corrected chi connectivity index (χ3v) is 5.09. The molecule has 4 rings (SSSR count). The zero-order valence-corrected chi connectivity index (χ0v) is 19.2. The third-order valence-electron chi connectivity index (χ3n) is 5.09. The van der Waals surface area contributed by atoms with E-state index in [1.165, 1.54) is 6.21 Å². The highest BCUT2D eigenvalue weighted by molar-refractivity contribution is 5.92. The Kier molecular flexibility index (Phi) is 7.70. The van der Waals surface area contributed by atoms with Crippen LogP contribution < -0.4 is 20.2 Å². The molecule has 7 nitrogen and oxygen atoms in total. The quantitative estimate of drug-likeness (QED) is 0.156. The van der Waals surface area contributed by atoms with Gasteiger partial charge < -0.3 is 14.8 Å². The predicted molar refractivity (Wildman–Crippen MR) is 137 cm³/mol. The van der Waals surface area contributed by atoms with Crippen molar-refractivity contribution >= 4 is 34.6 Å². The normalized spacial score (nSPS) is 10.8. The average molecular weight is 468 g/mol. The van der Waals surface area contributed by atoms with Gasteiger partial charge >= 0.3 is 5.97 Å². The number of amides is 1. The highest BCUT2D eigenvalue weighted by Crippen LogP contribution is 2.29. The first-order chi connectivity index (χ1) is 17.1. The van der Waals surface area contributed by atoms with Crippen LogP contribution in [0.4, 0.5) is 5.69 Å². The maximum absolute atomic E-state index is 12.4. The number of hydrogen-bond acceptors (Lipinski definition) is 6. The third kappa shape index (κ3) is 6.45. The number of hydrazone groups is 1. The molecule has 0 aliphatic carbocycles. The second-order valence-electron chi connectivity index (χ2n) is 7.60. The van der Waals surface area contributed by atoms with Gasteiger partial charge in [-0.05, 0) is 65.7 Å². The van der Waals surface area contributed by atoms with E-state index in [-0.39, 0.29) is 12.5 Å². The van der Waals surface area contributed by atoms with E-state index >= 15 is 0 Å². The molecule has 4 aromatic rings. The van der Waals surface area contributed by atoms with Crippen LogP contribution in [0, 0.1) is 0 Å². The van der Waals surface area contributed by atoms with E-state index in [9.17, 15) is 9.59 Å². The van der Waals surface area contributed by atoms with Gasteiger partial charge in [0.05, 0.1) is 24.9 Å². The summed E-state index contributed by atoms with van der Waals surface area (Å²) in [5.41, 5.74) is 4.47. The number of ether oxygens (including phenoxy) is 2. The molecule has 0 heterocycles. The molecular weight excluding hydrogens is 442 g/mol. The van der Waals surface area contributed by atoms with Crippen LogP contribution in [0.25, 0.3) is 10.8 Å². The topological polar surface area (TPSA) is 89.0 Å². The number of nitrogens with zero attached hydrogens (tertiary/aromatic N) is 1. The second kappa shape index (κ2) is 11.5. The van der Waals surface area contributed by atoms with Crippen LogP contribution >= 0.6 is 0 Å². The van der Waals surface area contributed by atoms with Crippen LogP contribution in [0.3, 0.4) is 0 Å². The molecule has 176 valence electrons. The van der Waals surface area contributed by atoms with Gasteiger partial charge in [0.25, 0.3) is 5.91 Å². The fourth-order valence-corrected chi connectivity index (χ4v) is 3.39. The maximum atomic E-state index is 12.4. The van der Waals surface area contributed by atoms with Crippen LogP contribution in [-0.4, -0.2) is 31.2 Å². The number of carbonyl (C=O) groups excluding carboxylic acids is 2. The molecule has 0 saturated heterocycles. The van der Waals surface area contributed by atoms with Gasteiger partial charge in [-0.1, -0.05) is 48.5 Å². The lowest BCUT2D eigenvalue weighted by molar-refractivity contribution is -0.119. The summed E-state index contributed by atoms with van der Waals surface area (Å²) in [5.74, 6) is -0.0431. The molecule has 7 heteroatoms. The molecule has 0 unspecified atom stereocenters. The van der Waals surface area contributed by atoms with Crippen molar-refractivity contribution in [2.45, 2.75) is 6.92 Å². The lowest BCUT2D eigenvalue weighted by Crippen LogP contribution is -2.25. The van der Waals surface area contributed by atoms with E-state index in [1.54, 1.807) is 42.5 Å². The van der Waals surface area contributed by atoms with Gasteiger partial charge in [0.1, 0.15) is 0 Å². The van der Waals surface area contributed by atoms with Crippen molar-refractivity contribution < 1.29 is 19.1 Å². The van der Waals surface area contributed by atoms with E-state index in [0.29, 0.717) is 29.2 Å². The minimum atomic E-state index is -0.473. The molecule has 0 atom stereocenters. The van der Waals surface area contributed by atoms with Crippen molar-refractivity contribution in [1.82, 2.24) is 5.43 Å². The van der Waals surface area contributed by atoms with Crippen molar-refractivity contribution in [3.8, 4) is 11.5 Å². The van der Waals surface area contributed by atoms with E-state index in [2.05, 4.69) is 15.8 Å². The Morgan fingerprint density at radius 2 is 1.63 bits per heavy atom. The summed E-state index contributed by atoms with van der Waals surface area (Å²) < 4.78 is 11.1. The highest BCUT2D eigenvalue weighted by atomic mass is 16.6. The Labute approximate surface area is 203 Å². The molecular formula is C28H25N3O4. The molecule has 0 fully saturated rings. The first-order valence-electron chi connectivity index (χ1n) is 11.2. The van der Waals surface area contributed by atoms with Crippen molar-refractivity contribution in [3.05, 3.63) is 102 Å². The molecule has 0 aliphatic heterocycles. The number of carbonyl (C=O) groups is 2. The van der Waals surface area contributed by atoms with E-state index < -0.39 is 5.97 Å². The van der Waals surface area contributed by atoms with Crippen molar-refractivity contribution in [3.63, 3.8) is 0 Å². The number of anilines is 1. The number of benzene rings is 4. The Bertz CT molecular complexity index is 1350. The van der Waals surface area contributed by atoms with Crippen molar-refractivity contribution in [1.29, 1.82) is 0 Å². The molecule has 0 aromatic heterocycles. The standard InChI is InChI=1S/C28H25N3O4/c1-2-34-26-16-20(12-15-25(26)35-28(33)22-9-4-3-5-10-22)18-30-31-27(32)19-29-24-14-13-21-8-6-7-11-23(21)17-24/h3-18,29H,2,19H2,1H3,(H,31,32)/b30-18-. The summed E-state index contributed by atoms with van der Waals surface area (Å²) in [5, 5.41) is 9.35. The zero-order valence-electron chi connectivity index (χ0n) is 19.2. The summed E-state index contributed by atoms with van der Waals surface area (Å²) in [6, 6.07) is 27.7. The number of hydrogen-bond donors (Lipinski definition) is 2. The first kappa shape index (κ1) is 23.5. The van der Waals surface area contributed by atoms with Gasteiger partial charge in [0.2, 0.25) is 0 Å². The number of esters is 1. The second-order valence-corrected chi connectivity index (χ2v) is 7.60. The van der Waals surface area contributed by atoms with Crippen molar-refractivity contribution in [2.24, 2.45) is 5.10 Å². The fourth-order valence-electron chi connectivity index (χ4n) is 3.39. The summed E-state index contributed by atoms with van der Waals surface area (Å²) in [7, 11) is 0. The molecule has 35 heavy (non-hydrogen) atoms. The largest absolute Gasteiger partial charge is 0.490 e. The minimum absolute atomic E-state index is 0.0776. The fraction of sp³-hybridized carbons (Fsp3) is 0.107. The molecule has 1 amide bonds. The molecule has 0 saturated carbocycles. The van der Waals surface area contributed by atoms with Gasteiger partial charge in [-0.25, -0.2) is 10.2 Å². The van der Waals surface area contributed by atoms with Gasteiger partial charge in [-0.15, -0.1) is 0 Å². The Morgan fingerprint density at radius 1 is 0.857 bits per heavy atom. The summed E-state index contributed by atoms with van der Waals surface area (Å²) >= 11 is 0. The van der Waals surface area contributed by atoms with Gasteiger partial charge in [0, 0.05) is 5.69 Å². The number of fused-ring (bicyclic) bond motifs is 1. The molecule has 0 spiro atoms. The molecule has 0 aliphatic rings. The maximum Gasteiger partial charge on any atom is 0.343 e. The van der Waals surface area contributed by atoms with Crippen LogP contribution in [-0.2, 0) is 4.79 Å². The van der Waals surface area contributed by atoms with E-state index in [4.69, 9.17) is 9.47 Å².